The van der Waals surface area contributed by atoms with Crippen molar-refractivity contribution in [3.05, 3.63) is 18.5 Å². The zero-order chi connectivity index (χ0) is 13.1. The SMILES string of the molecule is O=C(CSc1nnc2ncccn12)NC1CCCC1. The van der Waals surface area contributed by atoms with E-state index in [1.807, 2.05) is 12.3 Å². The van der Waals surface area contributed by atoms with Gasteiger partial charge in [0, 0.05) is 18.4 Å². The Balaban J connectivity index is 1.58. The second-order valence-corrected chi connectivity index (χ2v) is 5.55. The number of nitrogens with zero attached hydrogens (tertiary/aromatic N) is 4. The summed E-state index contributed by atoms with van der Waals surface area (Å²) in [5.41, 5.74) is 0. The molecule has 6 nitrogen and oxygen atoms in total. The van der Waals surface area contributed by atoms with Crippen molar-refractivity contribution in [2.45, 2.75) is 36.9 Å². The number of carbonyl (C=O) groups is 1. The molecule has 1 aliphatic rings. The van der Waals surface area contributed by atoms with E-state index in [1.54, 1.807) is 10.6 Å². The lowest BCUT2D eigenvalue weighted by molar-refractivity contribution is -0.119. The van der Waals surface area contributed by atoms with Crippen molar-refractivity contribution in [2.75, 3.05) is 5.75 Å². The van der Waals surface area contributed by atoms with Crippen molar-refractivity contribution < 1.29 is 4.79 Å². The monoisotopic (exact) mass is 277 g/mol. The van der Waals surface area contributed by atoms with E-state index in [1.165, 1.54) is 24.6 Å². The van der Waals surface area contributed by atoms with Crippen LogP contribution >= 0.6 is 11.8 Å². The highest BCUT2D eigenvalue weighted by molar-refractivity contribution is 7.99. The van der Waals surface area contributed by atoms with Gasteiger partial charge >= 0.3 is 0 Å². The van der Waals surface area contributed by atoms with Gasteiger partial charge in [-0.1, -0.05) is 24.6 Å². The number of fused-ring (bicyclic) bond motifs is 1. The van der Waals surface area contributed by atoms with E-state index in [4.69, 9.17) is 0 Å². The molecule has 1 amide bonds. The van der Waals surface area contributed by atoms with E-state index in [2.05, 4.69) is 20.5 Å². The first-order chi connectivity index (χ1) is 9.33. The van der Waals surface area contributed by atoms with Crippen molar-refractivity contribution in [1.82, 2.24) is 24.9 Å². The molecule has 2 aromatic heterocycles. The molecule has 7 heteroatoms. The van der Waals surface area contributed by atoms with Gasteiger partial charge in [-0.05, 0) is 18.9 Å². The summed E-state index contributed by atoms with van der Waals surface area (Å²) in [5.74, 6) is 0.991. The molecule has 2 aromatic rings. The fourth-order valence-electron chi connectivity index (χ4n) is 2.29. The Morgan fingerprint density at radius 3 is 3.11 bits per heavy atom. The van der Waals surface area contributed by atoms with Gasteiger partial charge in [-0.25, -0.2) is 4.98 Å². The van der Waals surface area contributed by atoms with Gasteiger partial charge in [0.25, 0.3) is 5.78 Å². The molecule has 1 aliphatic carbocycles. The molecule has 0 unspecified atom stereocenters. The maximum absolute atomic E-state index is 11.8. The van der Waals surface area contributed by atoms with Crippen LogP contribution in [0.15, 0.2) is 23.6 Å². The second kappa shape index (κ2) is 5.56. The number of nitrogens with one attached hydrogen (secondary N) is 1. The van der Waals surface area contributed by atoms with Gasteiger partial charge in [0.15, 0.2) is 5.16 Å². The Labute approximate surface area is 115 Å². The van der Waals surface area contributed by atoms with Crippen LogP contribution in [0.25, 0.3) is 5.78 Å². The Hall–Kier alpha value is -1.63. The average molecular weight is 277 g/mol. The first-order valence-electron chi connectivity index (χ1n) is 6.41. The van der Waals surface area contributed by atoms with Crippen LogP contribution in [-0.2, 0) is 4.79 Å². The molecule has 0 aliphatic heterocycles. The van der Waals surface area contributed by atoms with E-state index in [9.17, 15) is 4.79 Å². The smallest absolute Gasteiger partial charge is 0.255 e. The van der Waals surface area contributed by atoms with E-state index in [-0.39, 0.29) is 5.91 Å². The van der Waals surface area contributed by atoms with E-state index >= 15 is 0 Å². The summed E-state index contributed by atoms with van der Waals surface area (Å²) in [4.78, 5) is 15.9. The number of carbonyl (C=O) groups excluding carboxylic acids is 1. The molecule has 0 atom stereocenters. The topological polar surface area (TPSA) is 72.2 Å². The average Bonchev–Trinajstić information content (AvgIpc) is 3.05. The van der Waals surface area contributed by atoms with Crippen LogP contribution in [-0.4, -0.2) is 37.3 Å². The zero-order valence-electron chi connectivity index (χ0n) is 10.5. The van der Waals surface area contributed by atoms with Gasteiger partial charge < -0.3 is 5.32 Å². The largest absolute Gasteiger partial charge is 0.353 e. The third-order valence-electron chi connectivity index (χ3n) is 3.21. The predicted octanol–water partition coefficient (Wildman–Crippen LogP) is 1.28. The molecule has 3 rings (SSSR count). The first kappa shape index (κ1) is 12.4. The molecule has 0 radical (unpaired) electrons. The zero-order valence-corrected chi connectivity index (χ0v) is 11.3. The normalized spacial score (nSPS) is 16.0. The maximum atomic E-state index is 11.8. The highest BCUT2D eigenvalue weighted by Crippen LogP contribution is 2.19. The number of amides is 1. The Kier molecular flexibility index (Phi) is 3.63. The summed E-state index contributed by atoms with van der Waals surface area (Å²) in [6.45, 7) is 0. The number of hydrogen-bond donors (Lipinski definition) is 1. The molecule has 19 heavy (non-hydrogen) atoms. The second-order valence-electron chi connectivity index (χ2n) is 4.61. The maximum Gasteiger partial charge on any atom is 0.255 e. The third-order valence-corrected chi connectivity index (χ3v) is 4.15. The highest BCUT2D eigenvalue weighted by Gasteiger charge is 2.17. The lowest BCUT2D eigenvalue weighted by Gasteiger charge is -2.10. The molecule has 0 aromatic carbocycles. The molecule has 0 bridgehead atoms. The minimum atomic E-state index is 0.0672. The van der Waals surface area contributed by atoms with Crippen LogP contribution in [0.1, 0.15) is 25.7 Å². The summed E-state index contributed by atoms with van der Waals surface area (Å²) in [7, 11) is 0. The van der Waals surface area contributed by atoms with Gasteiger partial charge in [0.1, 0.15) is 0 Å². The molecule has 1 fully saturated rings. The molecule has 2 heterocycles. The predicted molar refractivity (Wildman–Crippen MR) is 71.9 cm³/mol. The quantitative estimate of drug-likeness (QED) is 0.852. The third kappa shape index (κ3) is 2.86. The van der Waals surface area contributed by atoms with Gasteiger partial charge in [0.2, 0.25) is 5.91 Å². The van der Waals surface area contributed by atoms with Crippen LogP contribution in [0.3, 0.4) is 0 Å². The van der Waals surface area contributed by atoms with Crippen molar-refractivity contribution in [3.8, 4) is 0 Å². The number of aromatic nitrogens is 4. The van der Waals surface area contributed by atoms with Crippen LogP contribution < -0.4 is 5.32 Å². The summed E-state index contributed by atoms with van der Waals surface area (Å²) in [6.07, 6.45) is 8.17. The van der Waals surface area contributed by atoms with Gasteiger partial charge in [-0.15, -0.1) is 10.2 Å². The fraction of sp³-hybridized carbons (Fsp3) is 0.500. The number of hydrogen-bond acceptors (Lipinski definition) is 5. The molecule has 1 N–H and O–H groups in total. The number of rotatable bonds is 4. The van der Waals surface area contributed by atoms with Crippen LogP contribution in [0.5, 0.6) is 0 Å². The van der Waals surface area contributed by atoms with Crippen LogP contribution in [0, 0.1) is 0 Å². The lowest BCUT2D eigenvalue weighted by Crippen LogP contribution is -2.33. The van der Waals surface area contributed by atoms with Crippen molar-refractivity contribution in [2.24, 2.45) is 0 Å². The molecule has 0 saturated heterocycles. The van der Waals surface area contributed by atoms with Crippen LogP contribution in [0.4, 0.5) is 0 Å². The fourth-order valence-corrected chi connectivity index (χ4v) is 3.01. The molecule has 1 saturated carbocycles. The minimum absolute atomic E-state index is 0.0672. The lowest BCUT2D eigenvalue weighted by atomic mass is 10.2. The first-order valence-corrected chi connectivity index (χ1v) is 7.39. The summed E-state index contributed by atoms with van der Waals surface area (Å²) in [6, 6.07) is 2.18. The Morgan fingerprint density at radius 1 is 1.42 bits per heavy atom. The Bertz CT molecular complexity index is 578. The molecular formula is C12H15N5OS. The van der Waals surface area contributed by atoms with Crippen molar-refractivity contribution in [1.29, 1.82) is 0 Å². The standard InChI is InChI=1S/C12H15N5OS/c18-10(14-9-4-1-2-5-9)8-19-12-16-15-11-13-6-3-7-17(11)12/h3,6-7,9H,1-2,4-5,8H2,(H,14,18). The minimum Gasteiger partial charge on any atom is -0.353 e. The van der Waals surface area contributed by atoms with E-state index in [0.29, 0.717) is 22.7 Å². The van der Waals surface area contributed by atoms with Gasteiger partial charge in [0.05, 0.1) is 5.75 Å². The van der Waals surface area contributed by atoms with Gasteiger partial charge in [-0.3, -0.25) is 9.20 Å². The highest BCUT2D eigenvalue weighted by atomic mass is 32.2. The van der Waals surface area contributed by atoms with Gasteiger partial charge in [-0.2, -0.15) is 0 Å². The van der Waals surface area contributed by atoms with Crippen LogP contribution in [0.2, 0.25) is 0 Å². The van der Waals surface area contributed by atoms with Crippen molar-refractivity contribution in [3.63, 3.8) is 0 Å². The molecular weight excluding hydrogens is 262 g/mol. The number of thioether (sulfide) groups is 1. The Morgan fingerprint density at radius 2 is 2.26 bits per heavy atom. The summed E-state index contributed by atoms with van der Waals surface area (Å²) >= 11 is 1.39. The summed E-state index contributed by atoms with van der Waals surface area (Å²) < 4.78 is 1.79. The molecule has 0 spiro atoms. The van der Waals surface area contributed by atoms with E-state index < -0.39 is 0 Å². The summed E-state index contributed by atoms with van der Waals surface area (Å²) in [5, 5.41) is 11.7. The molecule has 100 valence electrons. The van der Waals surface area contributed by atoms with E-state index in [0.717, 1.165) is 12.8 Å². The van der Waals surface area contributed by atoms with Crippen molar-refractivity contribution >= 4 is 23.4 Å².